The zero-order chi connectivity index (χ0) is 11.7. The van der Waals surface area contributed by atoms with E-state index in [4.69, 9.17) is 23.2 Å². The largest absolute Gasteiger partial charge is 0.327 e. The van der Waals surface area contributed by atoms with Crippen molar-refractivity contribution in [3.05, 3.63) is 28.8 Å². The summed E-state index contributed by atoms with van der Waals surface area (Å²) in [5.41, 5.74) is 1.44. The van der Waals surface area contributed by atoms with Gasteiger partial charge in [-0.25, -0.2) is 9.37 Å². The van der Waals surface area contributed by atoms with Crippen molar-refractivity contribution in [2.75, 3.05) is 0 Å². The molecule has 2 aromatic rings. The molecule has 0 radical (unpaired) electrons. The third-order valence-electron chi connectivity index (χ3n) is 2.44. The summed E-state index contributed by atoms with van der Waals surface area (Å²) < 4.78 is 15.2. The third kappa shape index (κ3) is 1.89. The van der Waals surface area contributed by atoms with Gasteiger partial charge in [-0.05, 0) is 12.5 Å². The topological polar surface area (TPSA) is 17.8 Å². The Balaban J connectivity index is 2.69. The summed E-state index contributed by atoms with van der Waals surface area (Å²) in [5, 5.41) is 0.117. The highest BCUT2D eigenvalue weighted by atomic mass is 35.5. The summed E-state index contributed by atoms with van der Waals surface area (Å²) in [6, 6.07) is 2.95. The first kappa shape index (κ1) is 11.7. The first-order valence-electron chi connectivity index (χ1n) is 5.07. The van der Waals surface area contributed by atoms with Gasteiger partial charge < -0.3 is 4.57 Å². The average molecular weight is 261 g/mol. The lowest BCUT2D eigenvalue weighted by atomic mass is 10.3. The standard InChI is InChI=1S/C11H11Cl2FN2/c1-2-3-16-10-4-7(13)8(14)5-9(10)15-11(16)6-12/h4-5H,2-3,6H2,1H3. The lowest BCUT2D eigenvalue weighted by Gasteiger charge is -2.05. The molecule has 1 aromatic carbocycles. The van der Waals surface area contributed by atoms with E-state index in [1.54, 1.807) is 6.07 Å². The number of fused-ring (bicyclic) bond motifs is 1. The molecule has 16 heavy (non-hydrogen) atoms. The maximum atomic E-state index is 13.3. The third-order valence-corrected chi connectivity index (χ3v) is 2.96. The molecule has 0 saturated heterocycles. The Labute approximate surface area is 103 Å². The van der Waals surface area contributed by atoms with Gasteiger partial charge in [0.2, 0.25) is 0 Å². The van der Waals surface area contributed by atoms with E-state index >= 15 is 0 Å². The van der Waals surface area contributed by atoms with Crippen LogP contribution in [0.4, 0.5) is 4.39 Å². The molecule has 0 saturated carbocycles. The van der Waals surface area contributed by atoms with E-state index in [0.29, 0.717) is 11.4 Å². The molecular weight excluding hydrogens is 250 g/mol. The van der Waals surface area contributed by atoms with Crippen LogP contribution in [-0.2, 0) is 12.4 Å². The van der Waals surface area contributed by atoms with Gasteiger partial charge in [0.1, 0.15) is 11.6 Å². The van der Waals surface area contributed by atoms with Crippen molar-refractivity contribution in [1.29, 1.82) is 0 Å². The highest BCUT2D eigenvalue weighted by Crippen LogP contribution is 2.24. The predicted octanol–water partition coefficient (Wildman–Crippen LogP) is 3.98. The molecule has 0 bridgehead atoms. The average Bonchev–Trinajstić information content (AvgIpc) is 2.58. The summed E-state index contributed by atoms with van der Waals surface area (Å²) in [6.07, 6.45) is 0.963. The van der Waals surface area contributed by atoms with Crippen molar-refractivity contribution in [2.24, 2.45) is 0 Å². The molecule has 0 aliphatic rings. The van der Waals surface area contributed by atoms with Crippen molar-refractivity contribution >= 4 is 34.2 Å². The summed E-state index contributed by atoms with van der Waals surface area (Å²) in [7, 11) is 0. The van der Waals surface area contributed by atoms with E-state index in [2.05, 4.69) is 11.9 Å². The fraction of sp³-hybridized carbons (Fsp3) is 0.364. The zero-order valence-electron chi connectivity index (χ0n) is 8.80. The van der Waals surface area contributed by atoms with Crippen LogP contribution in [0.25, 0.3) is 11.0 Å². The van der Waals surface area contributed by atoms with Crippen LogP contribution in [0, 0.1) is 5.82 Å². The van der Waals surface area contributed by atoms with Gasteiger partial charge in [-0.1, -0.05) is 18.5 Å². The molecular formula is C11H11Cl2FN2. The molecule has 0 atom stereocenters. The number of hydrogen-bond donors (Lipinski definition) is 0. The summed E-state index contributed by atoms with van der Waals surface area (Å²) in [5.74, 6) is 0.616. The van der Waals surface area contributed by atoms with Gasteiger partial charge in [-0.2, -0.15) is 0 Å². The Bertz CT molecular complexity index is 522. The first-order valence-corrected chi connectivity index (χ1v) is 5.98. The van der Waals surface area contributed by atoms with E-state index in [1.807, 2.05) is 4.57 Å². The zero-order valence-corrected chi connectivity index (χ0v) is 10.3. The highest BCUT2D eigenvalue weighted by Gasteiger charge is 2.12. The van der Waals surface area contributed by atoms with Crippen molar-refractivity contribution in [3.8, 4) is 0 Å². The minimum absolute atomic E-state index is 0.117. The maximum absolute atomic E-state index is 13.3. The van der Waals surface area contributed by atoms with E-state index in [-0.39, 0.29) is 5.02 Å². The number of aromatic nitrogens is 2. The Hall–Kier alpha value is -0.800. The predicted molar refractivity (Wildman–Crippen MR) is 64.5 cm³/mol. The molecule has 0 spiro atoms. The number of hydrogen-bond acceptors (Lipinski definition) is 1. The fourth-order valence-electron chi connectivity index (χ4n) is 1.75. The monoisotopic (exact) mass is 260 g/mol. The van der Waals surface area contributed by atoms with Crippen molar-refractivity contribution < 1.29 is 4.39 Å². The van der Waals surface area contributed by atoms with Gasteiger partial charge >= 0.3 is 0 Å². The van der Waals surface area contributed by atoms with Crippen LogP contribution in [0.3, 0.4) is 0 Å². The summed E-state index contributed by atoms with van der Waals surface area (Å²) in [4.78, 5) is 4.28. The van der Waals surface area contributed by atoms with E-state index in [9.17, 15) is 4.39 Å². The molecule has 1 aromatic heterocycles. The molecule has 0 aliphatic heterocycles. The number of benzene rings is 1. The van der Waals surface area contributed by atoms with Crippen LogP contribution >= 0.6 is 23.2 Å². The van der Waals surface area contributed by atoms with Crippen LogP contribution in [0.1, 0.15) is 19.2 Å². The molecule has 1 heterocycles. The van der Waals surface area contributed by atoms with Gasteiger partial charge in [0, 0.05) is 12.6 Å². The quantitative estimate of drug-likeness (QED) is 0.764. The SMILES string of the molecule is CCCn1c(CCl)nc2cc(F)c(Cl)cc21. The Morgan fingerprint density at radius 1 is 1.44 bits per heavy atom. The lowest BCUT2D eigenvalue weighted by molar-refractivity contribution is 0.629. The summed E-state index contributed by atoms with van der Waals surface area (Å²) >= 11 is 11.6. The van der Waals surface area contributed by atoms with Gasteiger partial charge in [-0.15, -0.1) is 11.6 Å². The number of imidazole rings is 1. The van der Waals surface area contributed by atoms with Crippen LogP contribution in [-0.4, -0.2) is 9.55 Å². The fourth-order valence-corrected chi connectivity index (χ4v) is 2.11. The lowest BCUT2D eigenvalue weighted by Crippen LogP contribution is -2.01. The number of halogens is 3. The molecule has 2 nitrogen and oxygen atoms in total. The molecule has 0 unspecified atom stereocenters. The maximum Gasteiger partial charge on any atom is 0.144 e. The van der Waals surface area contributed by atoms with Crippen LogP contribution < -0.4 is 0 Å². The number of rotatable bonds is 3. The second kappa shape index (κ2) is 4.60. The van der Waals surface area contributed by atoms with E-state index in [1.165, 1.54) is 6.07 Å². The van der Waals surface area contributed by atoms with Gasteiger partial charge in [-0.3, -0.25) is 0 Å². The van der Waals surface area contributed by atoms with Crippen molar-refractivity contribution in [2.45, 2.75) is 25.8 Å². The Morgan fingerprint density at radius 3 is 2.81 bits per heavy atom. The van der Waals surface area contributed by atoms with Crippen molar-refractivity contribution in [3.63, 3.8) is 0 Å². The molecule has 0 fully saturated rings. The Kier molecular flexibility index (Phi) is 3.36. The van der Waals surface area contributed by atoms with Gasteiger partial charge in [0.15, 0.2) is 0 Å². The van der Waals surface area contributed by atoms with Gasteiger partial charge in [0.25, 0.3) is 0 Å². The molecule has 0 amide bonds. The molecule has 0 N–H and O–H groups in total. The van der Waals surface area contributed by atoms with Crippen LogP contribution in [0.2, 0.25) is 5.02 Å². The van der Waals surface area contributed by atoms with Crippen LogP contribution in [0.5, 0.6) is 0 Å². The second-order valence-electron chi connectivity index (χ2n) is 3.57. The first-order chi connectivity index (χ1) is 7.67. The molecule has 5 heteroatoms. The second-order valence-corrected chi connectivity index (χ2v) is 4.24. The van der Waals surface area contributed by atoms with E-state index in [0.717, 1.165) is 24.3 Å². The molecule has 2 rings (SSSR count). The smallest absolute Gasteiger partial charge is 0.144 e. The minimum Gasteiger partial charge on any atom is -0.327 e. The summed E-state index contributed by atoms with van der Waals surface area (Å²) in [6.45, 7) is 2.87. The van der Waals surface area contributed by atoms with E-state index < -0.39 is 5.82 Å². The molecule has 86 valence electrons. The van der Waals surface area contributed by atoms with Gasteiger partial charge in [0.05, 0.1) is 21.9 Å². The highest BCUT2D eigenvalue weighted by molar-refractivity contribution is 6.31. The number of nitrogens with zero attached hydrogens (tertiary/aromatic N) is 2. The minimum atomic E-state index is -0.448. The van der Waals surface area contributed by atoms with Crippen molar-refractivity contribution in [1.82, 2.24) is 9.55 Å². The molecule has 0 aliphatic carbocycles. The number of alkyl halides is 1. The normalized spacial score (nSPS) is 11.2. The Morgan fingerprint density at radius 2 is 2.19 bits per heavy atom. The van der Waals surface area contributed by atoms with Crippen LogP contribution in [0.15, 0.2) is 12.1 Å². The number of aryl methyl sites for hydroxylation is 1.